The van der Waals surface area contributed by atoms with Gasteiger partial charge >= 0.3 is 0 Å². The number of nitrogens with one attached hydrogen (secondary N) is 1. The summed E-state index contributed by atoms with van der Waals surface area (Å²) >= 11 is 0. The second-order valence-corrected chi connectivity index (χ2v) is 5.49. The summed E-state index contributed by atoms with van der Waals surface area (Å²) in [5, 5.41) is 3.58. The molecule has 1 aliphatic carbocycles. The molecule has 0 unspecified atom stereocenters. The number of halogens is 1. The number of pyridine rings is 1. The van der Waals surface area contributed by atoms with Gasteiger partial charge in [0.15, 0.2) is 0 Å². The largest absolute Gasteiger partial charge is 0.378 e. The molecule has 0 bridgehead atoms. The first-order valence-corrected chi connectivity index (χ1v) is 6.95. The number of aromatic nitrogens is 1. The second-order valence-electron chi connectivity index (χ2n) is 5.49. The summed E-state index contributed by atoms with van der Waals surface area (Å²) in [5.74, 6) is 0.596. The molecule has 1 N–H and O–H groups in total. The van der Waals surface area contributed by atoms with Crippen molar-refractivity contribution in [3.63, 3.8) is 0 Å². The first kappa shape index (κ1) is 11.6. The van der Waals surface area contributed by atoms with Crippen molar-refractivity contribution in [1.29, 1.82) is 0 Å². The van der Waals surface area contributed by atoms with E-state index in [1.165, 1.54) is 11.6 Å². The Bertz CT molecular complexity index is 666. The van der Waals surface area contributed by atoms with E-state index >= 15 is 0 Å². The number of fused-ring (bicyclic) bond motifs is 3. The summed E-state index contributed by atoms with van der Waals surface area (Å²) < 4.78 is 13.5. The Morgan fingerprint density at radius 3 is 2.85 bits per heavy atom. The normalized spacial score (nSPS) is 26.8. The molecule has 1 aromatic heterocycles. The van der Waals surface area contributed by atoms with E-state index in [4.69, 9.17) is 0 Å². The standard InChI is InChI=1S/C17H15FN2/c18-12-4-5-16-15(10-12)13-2-1-3-14(13)17(20-16)11-6-8-19-9-7-11/h1-2,4-10,13-14,17,20H,3H2/t13-,14-,17-/m0/s1. The van der Waals surface area contributed by atoms with Crippen molar-refractivity contribution in [3.8, 4) is 0 Å². The van der Waals surface area contributed by atoms with Crippen LogP contribution < -0.4 is 5.32 Å². The Morgan fingerprint density at radius 1 is 1.15 bits per heavy atom. The van der Waals surface area contributed by atoms with Crippen LogP contribution in [0.5, 0.6) is 0 Å². The maximum absolute atomic E-state index is 13.5. The third kappa shape index (κ3) is 1.73. The van der Waals surface area contributed by atoms with Crippen molar-refractivity contribution in [2.45, 2.75) is 18.4 Å². The SMILES string of the molecule is Fc1ccc2c(c1)[C@H]1C=CC[C@@H]1[C@H](c1ccncc1)N2. The number of rotatable bonds is 1. The first-order valence-electron chi connectivity index (χ1n) is 6.95. The van der Waals surface area contributed by atoms with Gasteiger partial charge in [0, 0.05) is 24.0 Å². The molecule has 3 atom stereocenters. The van der Waals surface area contributed by atoms with Gasteiger partial charge in [-0.25, -0.2) is 4.39 Å². The molecule has 2 aliphatic rings. The van der Waals surface area contributed by atoms with E-state index < -0.39 is 0 Å². The topological polar surface area (TPSA) is 24.9 Å². The summed E-state index contributed by atoms with van der Waals surface area (Å²) in [6.45, 7) is 0. The fraction of sp³-hybridized carbons (Fsp3) is 0.235. The fourth-order valence-electron chi connectivity index (χ4n) is 3.47. The highest BCUT2D eigenvalue weighted by molar-refractivity contribution is 5.59. The lowest BCUT2D eigenvalue weighted by atomic mass is 9.77. The van der Waals surface area contributed by atoms with Crippen LogP contribution in [0.1, 0.15) is 29.5 Å². The van der Waals surface area contributed by atoms with Crippen molar-refractivity contribution < 1.29 is 4.39 Å². The fourth-order valence-corrected chi connectivity index (χ4v) is 3.47. The molecule has 2 aromatic rings. The van der Waals surface area contributed by atoms with Crippen molar-refractivity contribution in [1.82, 2.24) is 4.98 Å². The molecule has 3 heteroatoms. The third-order valence-electron chi connectivity index (χ3n) is 4.39. The van der Waals surface area contributed by atoms with Crippen LogP contribution in [0.15, 0.2) is 54.9 Å². The smallest absolute Gasteiger partial charge is 0.123 e. The van der Waals surface area contributed by atoms with E-state index in [1.54, 1.807) is 6.07 Å². The van der Waals surface area contributed by atoms with Crippen LogP contribution in [0.3, 0.4) is 0 Å². The average Bonchev–Trinajstić information content (AvgIpc) is 2.97. The number of nitrogens with zero attached hydrogens (tertiary/aromatic N) is 1. The minimum absolute atomic E-state index is 0.160. The van der Waals surface area contributed by atoms with Gasteiger partial charge in [0.2, 0.25) is 0 Å². The van der Waals surface area contributed by atoms with Gasteiger partial charge < -0.3 is 5.32 Å². The summed E-state index contributed by atoms with van der Waals surface area (Å²) in [6, 6.07) is 9.41. The number of allylic oxidation sites excluding steroid dienone is 2. The number of hydrogen-bond donors (Lipinski definition) is 1. The molecular weight excluding hydrogens is 251 g/mol. The lowest BCUT2D eigenvalue weighted by Gasteiger charge is -2.37. The average molecular weight is 266 g/mol. The van der Waals surface area contributed by atoms with Gasteiger partial charge in [-0.2, -0.15) is 0 Å². The van der Waals surface area contributed by atoms with Crippen molar-refractivity contribution in [2.24, 2.45) is 5.92 Å². The van der Waals surface area contributed by atoms with E-state index in [2.05, 4.69) is 34.6 Å². The van der Waals surface area contributed by atoms with E-state index in [-0.39, 0.29) is 11.9 Å². The zero-order valence-electron chi connectivity index (χ0n) is 11.0. The number of benzene rings is 1. The first-order chi connectivity index (χ1) is 9.83. The Labute approximate surface area is 117 Å². The zero-order chi connectivity index (χ0) is 13.5. The van der Waals surface area contributed by atoms with Crippen molar-refractivity contribution in [3.05, 3.63) is 71.8 Å². The molecule has 0 spiro atoms. The minimum atomic E-state index is -0.160. The molecule has 0 saturated heterocycles. The minimum Gasteiger partial charge on any atom is -0.378 e. The highest BCUT2D eigenvalue weighted by atomic mass is 19.1. The van der Waals surface area contributed by atoms with E-state index in [1.807, 2.05) is 18.5 Å². The van der Waals surface area contributed by atoms with Crippen LogP contribution in [0, 0.1) is 11.7 Å². The second kappa shape index (κ2) is 4.44. The van der Waals surface area contributed by atoms with Gasteiger partial charge in [-0.1, -0.05) is 12.2 Å². The lowest BCUT2D eigenvalue weighted by Crippen LogP contribution is -2.29. The Balaban J connectivity index is 1.80. The molecule has 1 aromatic carbocycles. The van der Waals surface area contributed by atoms with Gasteiger partial charge in [0.05, 0.1) is 6.04 Å². The maximum atomic E-state index is 13.5. The predicted octanol–water partition coefficient (Wildman–Crippen LogP) is 4.05. The number of hydrogen-bond acceptors (Lipinski definition) is 2. The molecule has 1 aliphatic heterocycles. The molecule has 0 amide bonds. The summed E-state index contributed by atoms with van der Waals surface area (Å²) in [5.41, 5.74) is 3.36. The summed E-state index contributed by atoms with van der Waals surface area (Å²) in [6.07, 6.45) is 9.12. The van der Waals surface area contributed by atoms with Gasteiger partial charge in [-0.15, -0.1) is 0 Å². The van der Waals surface area contributed by atoms with Crippen molar-refractivity contribution in [2.75, 3.05) is 5.32 Å². The van der Waals surface area contributed by atoms with Crippen LogP contribution in [-0.2, 0) is 0 Å². The van der Waals surface area contributed by atoms with Crippen LogP contribution in [0.2, 0.25) is 0 Å². The molecule has 0 fully saturated rings. The number of anilines is 1. The summed E-state index contributed by atoms with van der Waals surface area (Å²) in [4.78, 5) is 4.09. The monoisotopic (exact) mass is 266 g/mol. The van der Waals surface area contributed by atoms with Gasteiger partial charge in [-0.3, -0.25) is 4.98 Å². The highest BCUT2D eigenvalue weighted by Crippen LogP contribution is 2.49. The van der Waals surface area contributed by atoms with E-state index in [9.17, 15) is 4.39 Å². The molecule has 20 heavy (non-hydrogen) atoms. The van der Waals surface area contributed by atoms with Crippen molar-refractivity contribution >= 4 is 5.69 Å². The maximum Gasteiger partial charge on any atom is 0.123 e. The summed E-state index contributed by atoms with van der Waals surface area (Å²) in [7, 11) is 0. The molecule has 2 heterocycles. The van der Waals surface area contributed by atoms with E-state index in [0.717, 1.165) is 17.7 Å². The Hall–Kier alpha value is -2.16. The molecule has 0 radical (unpaired) electrons. The zero-order valence-corrected chi connectivity index (χ0v) is 11.0. The van der Waals surface area contributed by atoms with Gasteiger partial charge in [0.1, 0.15) is 5.82 Å². The molecule has 4 rings (SSSR count). The molecular formula is C17H15FN2. The highest BCUT2D eigenvalue weighted by Gasteiger charge is 2.37. The van der Waals surface area contributed by atoms with Crippen LogP contribution in [-0.4, -0.2) is 4.98 Å². The molecule has 0 saturated carbocycles. The van der Waals surface area contributed by atoms with E-state index in [0.29, 0.717) is 11.8 Å². The molecule has 100 valence electrons. The van der Waals surface area contributed by atoms with Gasteiger partial charge in [-0.05, 0) is 53.8 Å². The Kier molecular flexibility index (Phi) is 2.59. The van der Waals surface area contributed by atoms with Crippen LogP contribution >= 0.6 is 0 Å². The van der Waals surface area contributed by atoms with Crippen LogP contribution in [0.25, 0.3) is 0 Å². The predicted molar refractivity (Wildman–Crippen MR) is 77.0 cm³/mol. The lowest BCUT2D eigenvalue weighted by molar-refractivity contribution is 0.424. The third-order valence-corrected chi connectivity index (χ3v) is 4.39. The Morgan fingerprint density at radius 2 is 2.00 bits per heavy atom. The van der Waals surface area contributed by atoms with Gasteiger partial charge in [0.25, 0.3) is 0 Å². The van der Waals surface area contributed by atoms with Crippen LogP contribution in [0.4, 0.5) is 10.1 Å². The quantitative estimate of drug-likeness (QED) is 0.788. The molecule has 2 nitrogen and oxygen atoms in total.